The van der Waals surface area contributed by atoms with Gasteiger partial charge >= 0.3 is 5.97 Å². The van der Waals surface area contributed by atoms with Gasteiger partial charge in [-0.25, -0.2) is 22.5 Å². The lowest BCUT2D eigenvalue weighted by atomic mass is 9.85. The third-order valence-electron chi connectivity index (χ3n) is 8.60. The van der Waals surface area contributed by atoms with Crippen LogP contribution >= 0.6 is 7.37 Å². The van der Waals surface area contributed by atoms with Crippen LogP contribution in [0, 0.1) is 24.4 Å². The van der Waals surface area contributed by atoms with Crippen LogP contribution in [0.15, 0.2) is 47.3 Å². The Labute approximate surface area is 236 Å². The van der Waals surface area contributed by atoms with Crippen molar-refractivity contribution in [3.05, 3.63) is 87.0 Å². The molecule has 214 valence electrons. The molecule has 1 atom stereocenters. The molecule has 0 aromatic heterocycles. The van der Waals surface area contributed by atoms with Gasteiger partial charge in [-0.2, -0.15) is 0 Å². The summed E-state index contributed by atoms with van der Waals surface area (Å²) >= 11 is 0. The van der Waals surface area contributed by atoms with E-state index >= 15 is 8.78 Å². The highest BCUT2D eigenvalue weighted by Gasteiger charge is 2.43. The number of hydrogen-bond acceptors (Lipinski definition) is 3. The summed E-state index contributed by atoms with van der Waals surface area (Å²) in [5.74, 6) is -6.30. The van der Waals surface area contributed by atoms with Crippen LogP contribution in [0.2, 0.25) is 0 Å². The van der Waals surface area contributed by atoms with Gasteiger partial charge in [-0.15, -0.1) is 0 Å². The van der Waals surface area contributed by atoms with E-state index in [2.05, 4.69) is 9.48 Å². The minimum atomic E-state index is -4.28. The molecule has 2 aromatic carbocycles. The van der Waals surface area contributed by atoms with Crippen LogP contribution in [-0.2, 0) is 4.57 Å². The highest BCUT2D eigenvalue weighted by atomic mass is 31.2. The van der Waals surface area contributed by atoms with Gasteiger partial charge in [0.2, 0.25) is 5.71 Å². The lowest BCUT2D eigenvalue weighted by molar-refractivity contribution is -0.535. The van der Waals surface area contributed by atoms with Crippen molar-refractivity contribution in [3.63, 3.8) is 0 Å². The number of piperidine rings is 2. The predicted octanol–water partition coefficient (Wildman–Crippen LogP) is 5.90. The molecule has 2 aromatic rings. The summed E-state index contributed by atoms with van der Waals surface area (Å²) in [7, 11) is -4.28. The Hall–Kier alpha value is -3.42. The highest BCUT2D eigenvalue weighted by Crippen LogP contribution is 2.60. The number of hydrogen-bond donors (Lipinski definition) is 2. The lowest BCUT2D eigenvalue weighted by Crippen LogP contribution is -2.31. The van der Waals surface area contributed by atoms with Crippen molar-refractivity contribution < 1.29 is 37.1 Å². The molecule has 0 amide bonds. The van der Waals surface area contributed by atoms with E-state index in [9.17, 15) is 23.7 Å². The second kappa shape index (κ2) is 10.4. The fraction of sp³-hybridized carbons (Fsp3) is 0.355. The van der Waals surface area contributed by atoms with Crippen LogP contribution in [0.25, 0.3) is 5.57 Å². The van der Waals surface area contributed by atoms with Gasteiger partial charge in [0.15, 0.2) is 11.6 Å². The summed E-state index contributed by atoms with van der Waals surface area (Å²) in [6.07, 6.45) is 11.0. The number of nitrogens with zero attached hydrogens (tertiary/aromatic N) is 2. The average Bonchev–Trinajstić information content (AvgIpc) is 2.99. The Bertz CT molecular complexity index is 1660. The predicted molar refractivity (Wildman–Crippen MR) is 152 cm³/mol. The minimum Gasteiger partial charge on any atom is -0.478 e. The molecular formula is C31H31F3N2O4P+. The third kappa shape index (κ3) is 4.50. The Morgan fingerprint density at radius 3 is 2.32 bits per heavy atom. The van der Waals surface area contributed by atoms with Crippen molar-refractivity contribution >= 4 is 35.6 Å². The molecular weight excluding hydrogens is 552 g/mol. The standard InChI is InChI=1S/C31H30F3N2O4P/c1-18-28(32)26(27(31(37)38)30(34)29(18)33)25-21-10-8-19(35-12-4-2-5-13-35)16-23(21)41(39,40)24-17-20(9-11-22(24)25)36-14-6-3-7-15-36/h8-11,16-17H,2-7,12-15H2,1H3,(H-,37,38,39,40)/p+1. The molecule has 3 heterocycles. The van der Waals surface area contributed by atoms with Gasteiger partial charge in [-0.05, 0) is 62.0 Å². The number of carboxylic acids is 1. The number of aromatic carboxylic acids is 1. The van der Waals surface area contributed by atoms with E-state index in [0.717, 1.165) is 83.0 Å². The van der Waals surface area contributed by atoms with Crippen molar-refractivity contribution in [1.29, 1.82) is 0 Å². The second-order valence-corrected chi connectivity index (χ2v) is 13.2. The molecule has 0 saturated carbocycles. The monoisotopic (exact) mass is 583 g/mol. The van der Waals surface area contributed by atoms with Crippen LogP contribution in [0.5, 0.6) is 0 Å². The van der Waals surface area contributed by atoms with E-state index in [1.165, 1.54) is 0 Å². The Kier molecular flexibility index (Phi) is 7.07. The molecule has 3 aliphatic heterocycles. The van der Waals surface area contributed by atoms with Gasteiger partial charge < -0.3 is 14.9 Å². The van der Waals surface area contributed by atoms with Gasteiger partial charge in [0.05, 0.1) is 10.6 Å². The molecule has 2 N–H and O–H groups in total. The first-order chi connectivity index (χ1) is 19.6. The maximum atomic E-state index is 15.9. The van der Waals surface area contributed by atoms with Crippen LogP contribution in [0.3, 0.4) is 0 Å². The first-order valence-corrected chi connectivity index (χ1v) is 15.7. The number of carboxylic acid groups (broad SMARTS) is 1. The second-order valence-electron chi connectivity index (χ2n) is 11.1. The number of halogens is 3. The number of allylic oxidation sites excluding steroid dienone is 5. The quantitative estimate of drug-likeness (QED) is 0.267. The Morgan fingerprint density at radius 1 is 0.951 bits per heavy atom. The SMILES string of the molecule is Cc1c(F)c(F)c(C(=O)O)c(C2=C3C=CC(=[N+]4CCCCC4)C=C3P(=O)(O)c3cc(N4CCCCC4)ccc32)c1F. The van der Waals surface area contributed by atoms with Crippen molar-refractivity contribution in [1.82, 2.24) is 0 Å². The zero-order valence-electron chi connectivity index (χ0n) is 22.7. The molecule has 2 fully saturated rings. The van der Waals surface area contributed by atoms with Gasteiger partial charge in [0.25, 0.3) is 7.37 Å². The first-order valence-electron chi connectivity index (χ1n) is 14.0. The number of carbonyl (C=O) groups is 1. The summed E-state index contributed by atoms with van der Waals surface area (Å²) in [6, 6.07) is 4.94. The number of anilines is 1. The van der Waals surface area contributed by atoms with Crippen molar-refractivity contribution in [2.45, 2.75) is 45.4 Å². The van der Waals surface area contributed by atoms with Gasteiger partial charge in [-0.3, -0.25) is 4.57 Å². The molecule has 0 radical (unpaired) electrons. The van der Waals surface area contributed by atoms with Crippen LogP contribution in [0.4, 0.5) is 18.9 Å². The molecule has 6 nitrogen and oxygen atoms in total. The number of benzene rings is 2. The molecule has 1 unspecified atom stereocenters. The molecule has 10 heteroatoms. The van der Waals surface area contributed by atoms with Crippen LogP contribution in [-0.4, -0.2) is 52.4 Å². The molecule has 41 heavy (non-hydrogen) atoms. The number of fused-ring (bicyclic) bond motifs is 2. The van der Waals surface area contributed by atoms with E-state index in [0.29, 0.717) is 0 Å². The molecule has 2 saturated heterocycles. The normalized spacial score (nSPS) is 22.5. The topological polar surface area (TPSA) is 80.8 Å². The Morgan fingerprint density at radius 2 is 1.63 bits per heavy atom. The number of rotatable bonds is 3. The first kappa shape index (κ1) is 27.7. The van der Waals surface area contributed by atoms with E-state index < -0.39 is 47.5 Å². The van der Waals surface area contributed by atoms with Gasteiger partial charge in [-0.1, -0.05) is 6.07 Å². The summed E-state index contributed by atoms with van der Waals surface area (Å²) < 4.78 is 62.2. The largest absolute Gasteiger partial charge is 0.478 e. The van der Waals surface area contributed by atoms with Crippen LogP contribution in [0.1, 0.15) is 65.6 Å². The van der Waals surface area contributed by atoms with E-state index in [1.54, 1.807) is 36.4 Å². The van der Waals surface area contributed by atoms with Gasteiger partial charge in [0, 0.05) is 60.5 Å². The summed E-state index contributed by atoms with van der Waals surface area (Å²) in [5, 5.41) is 9.99. The van der Waals surface area contributed by atoms with E-state index in [-0.39, 0.29) is 27.3 Å². The fourth-order valence-electron chi connectivity index (χ4n) is 6.42. The fourth-order valence-corrected chi connectivity index (χ4v) is 8.32. The van der Waals surface area contributed by atoms with Crippen molar-refractivity contribution in [2.24, 2.45) is 0 Å². The lowest BCUT2D eigenvalue weighted by Gasteiger charge is -2.33. The zero-order valence-corrected chi connectivity index (χ0v) is 23.6. The maximum absolute atomic E-state index is 15.9. The molecule has 6 rings (SSSR count). The van der Waals surface area contributed by atoms with Crippen LogP contribution < -0.4 is 10.2 Å². The third-order valence-corrected chi connectivity index (χ3v) is 10.6. The summed E-state index contributed by atoms with van der Waals surface area (Å²) in [5.41, 5.74) is -0.766. The average molecular weight is 584 g/mol. The maximum Gasteiger partial charge on any atom is 0.339 e. The van der Waals surface area contributed by atoms with Gasteiger partial charge in [0.1, 0.15) is 24.5 Å². The summed E-state index contributed by atoms with van der Waals surface area (Å²) in [4.78, 5) is 26.1. The van der Waals surface area contributed by atoms with E-state index in [4.69, 9.17) is 0 Å². The van der Waals surface area contributed by atoms with Crippen molar-refractivity contribution in [2.75, 3.05) is 31.1 Å². The molecule has 1 aliphatic carbocycles. The summed E-state index contributed by atoms with van der Waals surface area (Å²) in [6.45, 7) is 4.16. The molecule has 4 aliphatic rings. The van der Waals surface area contributed by atoms with Crippen molar-refractivity contribution in [3.8, 4) is 0 Å². The van der Waals surface area contributed by atoms with E-state index in [1.807, 2.05) is 0 Å². The molecule has 0 bridgehead atoms. The Balaban J connectivity index is 1.68. The minimum absolute atomic E-state index is 0.0250. The zero-order chi connectivity index (χ0) is 29.1. The molecule has 0 spiro atoms. The smallest absolute Gasteiger partial charge is 0.339 e. The highest BCUT2D eigenvalue weighted by molar-refractivity contribution is 7.71.